The number of aromatic nitrogens is 3. The van der Waals surface area contributed by atoms with Gasteiger partial charge in [0, 0.05) is 56.0 Å². The Balaban J connectivity index is 1.59. The third-order valence-corrected chi connectivity index (χ3v) is 6.09. The second-order valence-electron chi connectivity index (χ2n) is 7.06. The molecule has 3 aromatic rings. The molecule has 0 unspecified atom stereocenters. The SMILES string of the molecule is CS(=O)(=O)N1CCN(c2cc3cn(-c4cc(O)cc(OC(F)(F)F)c4)nc3cn2)CC1. The molecule has 3 heterocycles. The number of phenols is 1. The Morgan fingerprint density at radius 2 is 1.81 bits per heavy atom. The van der Waals surface area contributed by atoms with E-state index in [4.69, 9.17) is 0 Å². The fourth-order valence-electron chi connectivity index (χ4n) is 3.36. The maximum absolute atomic E-state index is 12.5. The molecular formula is C18H18F3N5O4S. The molecule has 0 amide bonds. The van der Waals surface area contributed by atoms with Crippen LogP contribution in [0.3, 0.4) is 0 Å². The summed E-state index contributed by atoms with van der Waals surface area (Å²) in [5, 5.41) is 14.7. The molecule has 9 nitrogen and oxygen atoms in total. The molecule has 0 atom stereocenters. The number of pyridine rings is 1. The molecule has 13 heteroatoms. The summed E-state index contributed by atoms with van der Waals surface area (Å²) < 4.78 is 67.5. The number of benzene rings is 1. The van der Waals surface area contributed by atoms with Crippen LogP contribution < -0.4 is 9.64 Å². The number of halogens is 3. The Labute approximate surface area is 175 Å². The molecule has 4 rings (SSSR count). The number of alkyl halides is 3. The van der Waals surface area contributed by atoms with Gasteiger partial charge in [0.1, 0.15) is 22.8 Å². The van der Waals surface area contributed by atoms with Crippen molar-refractivity contribution in [1.29, 1.82) is 0 Å². The van der Waals surface area contributed by atoms with E-state index in [0.717, 1.165) is 12.1 Å². The highest BCUT2D eigenvalue weighted by Crippen LogP contribution is 2.30. The van der Waals surface area contributed by atoms with E-state index in [0.29, 0.717) is 42.9 Å². The van der Waals surface area contributed by atoms with E-state index in [9.17, 15) is 26.7 Å². The summed E-state index contributed by atoms with van der Waals surface area (Å²) in [7, 11) is -3.24. The monoisotopic (exact) mass is 457 g/mol. The molecule has 0 aliphatic carbocycles. The van der Waals surface area contributed by atoms with Crippen LogP contribution in [0.1, 0.15) is 0 Å². The lowest BCUT2D eigenvalue weighted by Crippen LogP contribution is -2.48. The zero-order chi connectivity index (χ0) is 22.4. The Morgan fingerprint density at radius 3 is 2.45 bits per heavy atom. The number of hydrogen-bond acceptors (Lipinski definition) is 7. The van der Waals surface area contributed by atoms with Crippen molar-refractivity contribution in [1.82, 2.24) is 19.1 Å². The molecule has 0 spiro atoms. The van der Waals surface area contributed by atoms with E-state index < -0.39 is 27.9 Å². The standard InChI is InChI=1S/C18H18F3N5O4S/c1-31(28,29)25-4-2-24(3-5-25)17-6-12-11-26(23-16(12)10-22-17)13-7-14(27)9-15(8-13)30-18(19,20)21/h6-11,27H,2-5H2,1H3. The average Bonchev–Trinajstić information content (AvgIpc) is 3.09. The number of piperazine rings is 1. The van der Waals surface area contributed by atoms with E-state index in [2.05, 4.69) is 14.8 Å². The van der Waals surface area contributed by atoms with Gasteiger partial charge in [-0.2, -0.15) is 9.40 Å². The number of phenolic OH excluding ortho intramolecular Hbond substituents is 1. The van der Waals surface area contributed by atoms with Crippen molar-refractivity contribution in [3.63, 3.8) is 0 Å². The first-order valence-electron chi connectivity index (χ1n) is 9.14. The molecule has 1 fully saturated rings. The zero-order valence-corrected chi connectivity index (χ0v) is 17.1. The molecule has 1 aliphatic rings. The van der Waals surface area contributed by atoms with Crippen molar-refractivity contribution in [2.45, 2.75) is 6.36 Å². The van der Waals surface area contributed by atoms with Crippen molar-refractivity contribution in [3.05, 3.63) is 36.7 Å². The minimum atomic E-state index is -4.89. The van der Waals surface area contributed by atoms with Crippen molar-refractivity contribution in [2.75, 3.05) is 37.3 Å². The smallest absolute Gasteiger partial charge is 0.508 e. The highest BCUT2D eigenvalue weighted by Gasteiger charge is 2.31. The molecule has 0 radical (unpaired) electrons. The van der Waals surface area contributed by atoms with Crippen LogP contribution in [0.4, 0.5) is 19.0 Å². The number of anilines is 1. The lowest BCUT2D eigenvalue weighted by Gasteiger charge is -2.33. The molecule has 1 aliphatic heterocycles. The minimum absolute atomic E-state index is 0.179. The lowest BCUT2D eigenvalue weighted by atomic mass is 10.2. The van der Waals surface area contributed by atoms with Gasteiger partial charge in [-0.1, -0.05) is 0 Å². The molecule has 0 bridgehead atoms. The normalized spacial score (nSPS) is 16.1. The largest absolute Gasteiger partial charge is 0.573 e. The predicted octanol–water partition coefficient (Wildman–Crippen LogP) is 2.11. The van der Waals surface area contributed by atoms with E-state index in [-0.39, 0.29) is 5.69 Å². The summed E-state index contributed by atoms with van der Waals surface area (Å²) in [6.45, 7) is 1.65. The van der Waals surface area contributed by atoms with Gasteiger partial charge in [-0.05, 0) is 6.07 Å². The average molecular weight is 457 g/mol. The van der Waals surface area contributed by atoms with Gasteiger partial charge in [0.15, 0.2) is 0 Å². The summed E-state index contributed by atoms with van der Waals surface area (Å²) in [6.07, 6.45) is -0.590. The number of hydrogen-bond donors (Lipinski definition) is 1. The quantitative estimate of drug-likeness (QED) is 0.640. The second kappa shape index (κ2) is 7.57. The minimum Gasteiger partial charge on any atom is -0.508 e. The predicted molar refractivity (Wildman–Crippen MR) is 106 cm³/mol. The topological polar surface area (TPSA) is 101 Å². The summed E-state index contributed by atoms with van der Waals surface area (Å²) in [4.78, 5) is 6.31. The molecule has 1 aromatic carbocycles. The van der Waals surface area contributed by atoms with Crippen LogP contribution in [0.25, 0.3) is 16.6 Å². The Bertz CT molecular complexity index is 1220. The number of aromatic hydroxyl groups is 1. The van der Waals surface area contributed by atoms with Crippen LogP contribution in [-0.2, 0) is 10.0 Å². The maximum atomic E-state index is 12.5. The van der Waals surface area contributed by atoms with Gasteiger partial charge in [0.05, 0.1) is 18.1 Å². The van der Waals surface area contributed by atoms with Crippen LogP contribution in [-0.4, -0.2) is 71.4 Å². The van der Waals surface area contributed by atoms with Gasteiger partial charge < -0.3 is 14.7 Å². The first kappa shape index (κ1) is 21.2. The molecule has 1 saturated heterocycles. The van der Waals surface area contributed by atoms with Gasteiger partial charge in [0.2, 0.25) is 10.0 Å². The number of fused-ring (bicyclic) bond motifs is 1. The van der Waals surface area contributed by atoms with Crippen LogP contribution in [0, 0.1) is 0 Å². The first-order chi connectivity index (χ1) is 14.5. The summed E-state index contributed by atoms with van der Waals surface area (Å²) in [6, 6.07) is 4.99. The second-order valence-corrected chi connectivity index (χ2v) is 9.04. The Hall–Kier alpha value is -3.06. The van der Waals surface area contributed by atoms with Crippen LogP contribution in [0.2, 0.25) is 0 Å². The van der Waals surface area contributed by atoms with Gasteiger partial charge >= 0.3 is 6.36 Å². The van der Waals surface area contributed by atoms with Crippen LogP contribution in [0.5, 0.6) is 11.5 Å². The lowest BCUT2D eigenvalue weighted by molar-refractivity contribution is -0.274. The highest BCUT2D eigenvalue weighted by atomic mass is 32.2. The molecule has 31 heavy (non-hydrogen) atoms. The van der Waals surface area contributed by atoms with Gasteiger partial charge in [-0.15, -0.1) is 13.2 Å². The van der Waals surface area contributed by atoms with Gasteiger partial charge in [0.25, 0.3) is 0 Å². The van der Waals surface area contributed by atoms with Crippen molar-refractivity contribution < 1.29 is 31.4 Å². The Morgan fingerprint density at radius 1 is 1.10 bits per heavy atom. The van der Waals surface area contributed by atoms with E-state index in [1.807, 2.05) is 4.90 Å². The third-order valence-electron chi connectivity index (χ3n) is 4.78. The molecule has 0 saturated carbocycles. The Kier molecular flexibility index (Phi) is 5.17. The fraction of sp³-hybridized carbons (Fsp3) is 0.333. The number of nitrogens with zero attached hydrogens (tertiary/aromatic N) is 5. The number of ether oxygens (including phenoxy) is 1. The van der Waals surface area contributed by atoms with E-state index in [1.54, 1.807) is 12.3 Å². The summed E-state index contributed by atoms with van der Waals surface area (Å²) in [5.74, 6) is -0.333. The van der Waals surface area contributed by atoms with Gasteiger partial charge in [-0.25, -0.2) is 18.1 Å². The summed E-state index contributed by atoms with van der Waals surface area (Å²) >= 11 is 0. The zero-order valence-electron chi connectivity index (χ0n) is 16.2. The van der Waals surface area contributed by atoms with Crippen LogP contribution in [0.15, 0.2) is 36.7 Å². The third kappa shape index (κ3) is 4.82. The number of rotatable bonds is 4. The molecular weight excluding hydrogens is 439 g/mol. The summed E-state index contributed by atoms with van der Waals surface area (Å²) in [5.41, 5.74) is 0.680. The van der Waals surface area contributed by atoms with Crippen molar-refractivity contribution >= 4 is 26.7 Å². The molecule has 2 aromatic heterocycles. The van der Waals surface area contributed by atoms with E-state index >= 15 is 0 Å². The molecule has 1 N–H and O–H groups in total. The van der Waals surface area contributed by atoms with Crippen LogP contribution >= 0.6 is 0 Å². The molecule has 166 valence electrons. The van der Waals surface area contributed by atoms with E-state index in [1.165, 1.54) is 27.5 Å². The fourth-order valence-corrected chi connectivity index (χ4v) is 4.19. The van der Waals surface area contributed by atoms with Gasteiger partial charge in [-0.3, -0.25) is 0 Å². The van der Waals surface area contributed by atoms with Crippen molar-refractivity contribution in [2.24, 2.45) is 0 Å². The number of sulfonamides is 1. The highest BCUT2D eigenvalue weighted by molar-refractivity contribution is 7.88. The first-order valence-corrected chi connectivity index (χ1v) is 11.0. The maximum Gasteiger partial charge on any atom is 0.573 e. The van der Waals surface area contributed by atoms with Crippen molar-refractivity contribution in [3.8, 4) is 17.2 Å².